The minimum atomic E-state index is -0.333. The summed E-state index contributed by atoms with van der Waals surface area (Å²) in [5.41, 5.74) is 3.47. The van der Waals surface area contributed by atoms with E-state index in [0.29, 0.717) is 35.0 Å². The molecule has 8 heteroatoms. The van der Waals surface area contributed by atoms with Crippen molar-refractivity contribution in [2.24, 2.45) is 0 Å². The van der Waals surface area contributed by atoms with Crippen molar-refractivity contribution in [3.63, 3.8) is 0 Å². The maximum Gasteiger partial charge on any atom is 0.261 e. The van der Waals surface area contributed by atoms with Gasteiger partial charge in [0, 0.05) is 18.3 Å². The van der Waals surface area contributed by atoms with E-state index in [1.807, 2.05) is 66.7 Å². The first-order chi connectivity index (χ1) is 16.6. The van der Waals surface area contributed by atoms with Gasteiger partial charge in [0.15, 0.2) is 16.3 Å². The van der Waals surface area contributed by atoms with Crippen molar-refractivity contribution in [2.45, 2.75) is 6.54 Å². The second kappa shape index (κ2) is 9.29. The fourth-order valence-corrected chi connectivity index (χ4v) is 3.79. The Balaban J connectivity index is 1.22. The molecule has 0 unspecified atom stereocenters. The lowest BCUT2D eigenvalue weighted by molar-refractivity contribution is 0.0974. The molecule has 1 amide bonds. The number of oxazole rings is 1. The molecule has 0 aliphatic heterocycles. The molecule has 0 atom stereocenters. The highest BCUT2D eigenvalue weighted by Gasteiger charge is 2.15. The third kappa shape index (κ3) is 4.44. The molecule has 3 aromatic carbocycles. The van der Waals surface area contributed by atoms with Gasteiger partial charge in [-0.1, -0.05) is 36.4 Å². The van der Waals surface area contributed by atoms with Crippen LogP contribution in [0.1, 0.15) is 15.9 Å². The maximum atomic E-state index is 12.8. The van der Waals surface area contributed by atoms with Crippen molar-refractivity contribution in [3.05, 3.63) is 90.1 Å². The molecule has 2 heterocycles. The van der Waals surface area contributed by atoms with E-state index in [1.54, 1.807) is 19.4 Å². The number of carbonyl (C=O) groups is 1. The standard InChI is InChI=1S/C26H20N4O3S/c1-32-22-14-19-6-3-2-5-18(19)13-20(22)24(31)30-26(34)28-15-16-8-10-17(11-9-16)25-29-23-21(33-25)7-4-12-27-23/h2-14H,15H2,1H3,(H2,28,30,31,34). The number of carbonyl (C=O) groups excluding carboxylic acids is 1. The zero-order valence-electron chi connectivity index (χ0n) is 18.2. The highest BCUT2D eigenvalue weighted by molar-refractivity contribution is 7.80. The van der Waals surface area contributed by atoms with Crippen LogP contribution in [0.15, 0.2) is 83.4 Å². The minimum absolute atomic E-state index is 0.231. The summed E-state index contributed by atoms with van der Waals surface area (Å²) in [5.74, 6) is 0.671. The molecule has 168 valence electrons. The topological polar surface area (TPSA) is 89.3 Å². The van der Waals surface area contributed by atoms with E-state index in [0.717, 1.165) is 21.9 Å². The lowest BCUT2D eigenvalue weighted by Crippen LogP contribution is -2.39. The summed E-state index contributed by atoms with van der Waals surface area (Å²) < 4.78 is 11.2. The monoisotopic (exact) mass is 468 g/mol. The number of thiocarbonyl (C=S) groups is 1. The number of hydrogen-bond acceptors (Lipinski definition) is 6. The molecule has 0 aliphatic rings. The molecule has 0 radical (unpaired) electrons. The Labute approximate surface area is 200 Å². The lowest BCUT2D eigenvalue weighted by atomic mass is 10.1. The molecule has 0 saturated carbocycles. The van der Waals surface area contributed by atoms with Gasteiger partial charge in [-0.15, -0.1) is 0 Å². The zero-order valence-corrected chi connectivity index (χ0v) is 19.1. The van der Waals surface area contributed by atoms with E-state index in [4.69, 9.17) is 21.4 Å². The van der Waals surface area contributed by atoms with E-state index in [9.17, 15) is 4.79 Å². The van der Waals surface area contributed by atoms with Crippen molar-refractivity contribution in [1.82, 2.24) is 20.6 Å². The number of nitrogens with zero attached hydrogens (tertiary/aromatic N) is 2. The summed E-state index contributed by atoms with van der Waals surface area (Å²) in [4.78, 5) is 21.4. The Hall–Kier alpha value is -4.30. The molecular formula is C26H20N4O3S. The first-order valence-corrected chi connectivity index (χ1v) is 11.0. The molecule has 5 aromatic rings. The van der Waals surface area contributed by atoms with Crippen molar-refractivity contribution < 1.29 is 13.9 Å². The van der Waals surface area contributed by atoms with Crippen LogP contribution in [0.2, 0.25) is 0 Å². The number of rotatable bonds is 5. The van der Waals surface area contributed by atoms with Crippen LogP contribution in [-0.4, -0.2) is 28.1 Å². The highest BCUT2D eigenvalue weighted by atomic mass is 32.1. The number of amides is 1. The largest absolute Gasteiger partial charge is 0.496 e. The Morgan fingerprint density at radius 1 is 1.03 bits per heavy atom. The molecule has 5 rings (SSSR count). The predicted octanol–water partition coefficient (Wildman–Crippen LogP) is 4.86. The Kier molecular flexibility index (Phi) is 5.88. The summed E-state index contributed by atoms with van der Waals surface area (Å²) >= 11 is 5.33. The maximum absolute atomic E-state index is 12.8. The third-order valence-electron chi connectivity index (χ3n) is 5.36. The number of ether oxygens (including phenoxy) is 1. The van der Waals surface area contributed by atoms with Gasteiger partial charge in [-0.3, -0.25) is 10.1 Å². The number of benzene rings is 3. The highest BCUT2D eigenvalue weighted by Crippen LogP contribution is 2.26. The number of hydrogen-bond donors (Lipinski definition) is 2. The number of aromatic nitrogens is 2. The summed E-state index contributed by atoms with van der Waals surface area (Å²) in [6.07, 6.45) is 1.68. The molecule has 0 spiro atoms. The zero-order chi connectivity index (χ0) is 23.5. The van der Waals surface area contributed by atoms with Gasteiger partial charge in [0.05, 0.1) is 12.7 Å². The first-order valence-electron chi connectivity index (χ1n) is 10.6. The Morgan fingerprint density at radius 2 is 1.79 bits per heavy atom. The number of fused-ring (bicyclic) bond motifs is 2. The predicted molar refractivity (Wildman–Crippen MR) is 135 cm³/mol. The number of nitrogens with one attached hydrogen (secondary N) is 2. The number of pyridine rings is 1. The quantitative estimate of drug-likeness (QED) is 0.356. The molecule has 34 heavy (non-hydrogen) atoms. The molecular weight excluding hydrogens is 448 g/mol. The van der Waals surface area contributed by atoms with Crippen LogP contribution < -0.4 is 15.4 Å². The van der Waals surface area contributed by atoms with Crippen LogP contribution in [0.3, 0.4) is 0 Å². The van der Waals surface area contributed by atoms with Crippen molar-refractivity contribution in [3.8, 4) is 17.2 Å². The molecule has 0 bridgehead atoms. The van der Waals surface area contributed by atoms with Gasteiger partial charge >= 0.3 is 0 Å². The van der Waals surface area contributed by atoms with Crippen molar-refractivity contribution in [1.29, 1.82) is 0 Å². The Morgan fingerprint density at radius 3 is 2.53 bits per heavy atom. The lowest BCUT2D eigenvalue weighted by Gasteiger charge is -2.13. The SMILES string of the molecule is COc1cc2ccccc2cc1C(=O)NC(=S)NCc1ccc(-c2nc3ncccc3o2)cc1. The van der Waals surface area contributed by atoms with E-state index in [1.165, 1.54) is 0 Å². The molecule has 7 nitrogen and oxygen atoms in total. The molecule has 0 fully saturated rings. The van der Waals surface area contributed by atoms with Gasteiger partial charge < -0.3 is 14.5 Å². The summed E-state index contributed by atoms with van der Waals surface area (Å²) in [6.45, 7) is 0.448. The second-order valence-corrected chi connectivity index (χ2v) is 7.99. The fraction of sp³-hybridized carbons (Fsp3) is 0.0769. The van der Waals surface area contributed by atoms with Gasteiger partial charge in [0.25, 0.3) is 5.91 Å². The normalized spacial score (nSPS) is 10.9. The van der Waals surface area contributed by atoms with Crippen LogP contribution in [-0.2, 0) is 6.54 Å². The molecule has 0 saturated heterocycles. The van der Waals surface area contributed by atoms with Gasteiger partial charge in [0.1, 0.15) is 5.75 Å². The van der Waals surface area contributed by atoms with E-state index in [-0.39, 0.29) is 11.0 Å². The van der Waals surface area contributed by atoms with E-state index < -0.39 is 0 Å². The fourth-order valence-electron chi connectivity index (χ4n) is 3.62. The van der Waals surface area contributed by atoms with Crippen molar-refractivity contribution >= 4 is 45.2 Å². The first kappa shape index (κ1) is 21.5. The summed E-state index contributed by atoms with van der Waals surface area (Å²) in [6, 6.07) is 22.8. The van der Waals surface area contributed by atoms with Crippen LogP contribution in [0.25, 0.3) is 33.5 Å². The van der Waals surface area contributed by atoms with Crippen LogP contribution in [0.5, 0.6) is 5.75 Å². The van der Waals surface area contributed by atoms with E-state index in [2.05, 4.69) is 20.6 Å². The van der Waals surface area contributed by atoms with Gasteiger partial charge in [-0.05, 0) is 65.0 Å². The third-order valence-corrected chi connectivity index (χ3v) is 5.60. The smallest absolute Gasteiger partial charge is 0.261 e. The van der Waals surface area contributed by atoms with Crippen molar-refractivity contribution in [2.75, 3.05) is 7.11 Å². The molecule has 0 aliphatic carbocycles. The second-order valence-electron chi connectivity index (χ2n) is 7.58. The van der Waals surface area contributed by atoms with E-state index >= 15 is 0 Å². The average Bonchev–Trinajstić information content (AvgIpc) is 3.31. The Bertz CT molecular complexity index is 1480. The van der Waals surface area contributed by atoms with Crippen LogP contribution in [0.4, 0.5) is 0 Å². The summed E-state index contributed by atoms with van der Waals surface area (Å²) in [5, 5.41) is 7.96. The van der Waals surface area contributed by atoms with Crippen LogP contribution >= 0.6 is 12.2 Å². The van der Waals surface area contributed by atoms with Gasteiger partial charge in [-0.2, -0.15) is 4.98 Å². The average molecular weight is 469 g/mol. The molecule has 2 N–H and O–H groups in total. The van der Waals surface area contributed by atoms with Gasteiger partial charge in [0.2, 0.25) is 5.89 Å². The molecule has 2 aromatic heterocycles. The number of methoxy groups -OCH3 is 1. The summed E-state index contributed by atoms with van der Waals surface area (Å²) in [7, 11) is 1.54. The van der Waals surface area contributed by atoms with Gasteiger partial charge in [-0.25, -0.2) is 4.98 Å². The van der Waals surface area contributed by atoms with Crippen LogP contribution in [0, 0.1) is 0 Å². The minimum Gasteiger partial charge on any atom is -0.496 e.